The summed E-state index contributed by atoms with van der Waals surface area (Å²) in [5.41, 5.74) is 0. The summed E-state index contributed by atoms with van der Waals surface area (Å²) in [6.07, 6.45) is 0. The van der Waals surface area contributed by atoms with Crippen molar-refractivity contribution in [2.45, 2.75) is 0 Å². The molecule has 0 nitrogen and oxygen atoms in total. The Morgan fingerprint density at radius 3 is 0.812 bits per heavy atom. The van der Waals surface area contributed by atoms with Crippen molar-refractivity contribution in [2.24, 2.45) is 0 Å². The summed E-state index contributed by atoms with van der Waals surface area (Å²) in [5, 5.41) is 0. The maximum atomic E-state index is 2.00. The average Bonchev–Trinajstić information content (AvgIpc) is 2.67. The van der Waals surface area contributed by atoms with E-state index >= 15 is 0 Å². The molecule has 4 heteroatoms. The molecule has 2 rings (SSSR count). The zero-order valence-corrected chi connectivity index (χ0v) is 16.2. The fraction of sp³-hybridized carbons (Fsp3) is 0. The summed E-state index contributed by atoms with van der Waals surface area (Å²) in [5.74, 6) is 0. The minimum atomic E-state index is 0. The number of rotatable bonds is 0. The molecular formula is C12H21Cl2SiZr. The zero-order valence-electron chi connectivity index (χ0n) is 10.1. The van der Waals surface area contributed by atoms with E-state index in [2.05, 4.69) is 0 Å². The van der Waals surface area contributed by atoms with Crippen LogP contribution in [0.2, 0.25) is 0 Å². The van der Waals surface area contributed by atoms with E-state index in [1.54, 1.807) is 0 Å². The van der Waals surface area contributed by atoms with Gasteiger partial charge in [-0.3, -0.25) is 0 Å². The molecule has 0 N–H and O–H groups in total. The molecule has 1 radical (unpaired) electrons. The molecule has 0 aliphatic carbocycles. The Bertz CT molecular complexity index is 158. The summed E-state index contributed by atoms with van der Waals surface area (Å²) < 4.78 is 0. The molecule has 0 fully saturated rings. The van der Waals surface area contributed by atoms with Crippen molar-refractivity contribution < 1.29 is 26.2 Å². The Balaban J connectivity index is -0.0000000227. The maximum Gasteiger partial charge on any atom is 4.00 e. The van der Waals surface area contributed by atoms with Gasteiger partial charge in [0.05, 0.1) is 0 Å². The molecule has 0 saturated carbocycles. The van der Waals surface area contributed by atoms with E-state index in [1.165, 1.54) is 0 Å². The molecule has 0 spiro atoms. The van der Waals surface area contributed by atoms with Crippen molar-refractivity contribution in [1.82, 2.24) is 0 Å². The summed E-state index contributed by atoms with van der Waals surface area (Å²) in [6, 6.07) is 20.0. The number of halogens is 2. The Hall–Kier alpha value is 0.380. The summed E-state index contributed by atoms with van der Waals surface area (Å²) in [7, 11) is 0. The van der Waals surface area contributed by atoms with Crippen LogP contribution in [-0.2, 0) is 26.2 Å². The monoisotopic (exact) mass is 353 g/mol. The van der Waals surface area contributed by atoms with Gasteiger partial charge in [0.1, 0.15) is 0 Å². The van der Waals surface area contributed by atoms with E-state index in [0.29, 0.717) is 0 Å². The molecular weight excluding hydrogens is 334 g/mol. The van der Waals surface area contributed by atoms with Crippen molar-refractivity contribution >= 4 is 35.8 Å². The van der Waals surface area contributed by atoms with Gasteiger partial charge in [0, 0.05) is 0 Å². The third-order valence-electron chi connectivity index (χ3n) is 1.11. The van der Waals surface area contributed by atoms with Crippen LogP contribution in [0, 0.1) is 14.9 Å². The summed E-state index contributed by atoms with van der Waals surface area (Å²) in [6.45, 7) is 0. The van der Waals surface area contributed by atoms with Crippen molar-refractivity contribution in [3.05, 3.63) is 75.5 Å². The van der Waals surface area contributed by atoms with Crippen molar-refractivity contribution in [3.8, 4) is 0 Å². The first-order valence-electron chi connectivity index (χ1n) is 3.33. The van der Waals surface area contributed by atoms with Crippen molar-refractivity contribution in [1.29, 1.82) is 0 Å². The first-order chi connectivity index (χ1) is 5.00. The van der Waals surface area contributed by atoms with Crippen LogP contribution in [0.5, 0.6) is 0 Å². The molecule has 0 saturated heterocycles. The molecule has 0 bridgehead atoms. The topological polar surface area (TPSA) is 0 Å². The summed E-state index contributed by atoms with van der Waals surface area (Å²) in [4.78, 5) is 0. The van der Waals surface area contributed by atoms with Gasteiger partial charge in [-0.15, -0.1) is 24.8 Å². The van der Waals surface area contributed by atoms with Crippen LogP contribution < -0.4 is 0 Å². The number of hydrogen-bond acceptors (Lipinski definition) is 0. The molecule has 0 heterocycles. The van der Waals surface area contributed by atoms with Crippen LogP contribution in [-0.4, -0.2) is 11.0 Å². The smallest absolute Gasteiger partial charge is 0.358 e. The van der Waals surface area contributed by atoms with Gasteiger partial charge < -0.3 is 14.9 Å². The van der Waals surface area contributed by atoms with Gasteiger partial charge in [-0.25, -0.2) is 24.3 Å². The Labute approximate surface area is 137 Å². The second-order valence-electron chi connectivity index (χ2n) is 1.92. The molecule has 2 aromatic carbocycles. The average molecular weight is 356 g/mol. The standard InChI is InChI=1S/2C5H5.2CH3.2ClH.H3Si.Zr/c2*1-2-4-5-3-1;;;;;;/h2*1-5H;2*1H3;2*1H;1H3;/q4*-1;;;;+4. The second kappa shape index (κ2) is 29.5. The zero-order chi connectivity index (χ0) is 7.07. The molecule has 0 amide bonds. The van der Waals surface area contributed by atoms with Gasteiger partial charge in [0.25, 0.3) is 0 Å². The van der Waals surface area contributed by atoms with E-state index in [-0.39, 0.29) is 76.8 Å². The van der Waals surface area contributed by atoms with E-state index in [4.69, 9.17) is 0 Å². The fourth-order valence-electron chi connectivity index (χ4n) is 0.642. The second-order valence-corrected chi connectivity index (χ2v) is 1.92. The predicted octanol–water partition coefficient (Wildman–Crippen LogP) is 3.37. The van der Waals surface area contributed by atoms with Gasteiger partial charge in [-0.1, -0.05) is 0 Å². The third-order valence-corrected chi connectivity index (χ3v) is 1.11. The molecule has 16 heavy (non-hydrogen) atoms. The predicted molar refractivity (Wildman–Crippen MR) is 81.3 cm³/mol. The Morgan fingerprint density at radius 2 is 0.750 bits per heavy atom. The van der Waals surface area contributed by atoms with E-state index in [9.17, 15) is 0 Å². The minimum absolute atomic E-state index is 0. The molecule has 91 valence electrons. The van der Waals surface area contributed by atoms with E-state index < -0.39 is 0 Å². The Kier molecular flexibility index (Phi) is 66.3. The van der Waals surface area contributed by atoms with Crippen LogP contribution in [0.3, 0.4) is 0 Å². The normalized spacial score (nSPS) is 5.00. The van der Waals surface area contributed by atoms with Crippen LogP contribution >= 0.6 is 24.8 Å². The van der Waals surface area contributed by atoms with Gasteiger partial charge in [-0.2, -0.15) is 36.4 Å². The first kappa shape index (κ1) is 36.0. The molecule has 0 aliphatic rings. The number of hydrogen-bond donors (Lipinski definition) is 0. The minimum Gasteiger partial charge on any atom is -0.358 e. The third kappa shape index (κ3) is 23.9. The first-order valence-corrected chi connectivity index (χ1v) is 3.33. The molecule has 0 atom stereocenters. The van der Waals surface area contributed by atoms with Gasteiger partial charge in [0.2, 0.25) is 0 Å². The fourth-order valence-corrected chi connectivity index (χ4v) is 0.642. The maximum absolute atomic E-state index is 2.00. The molecule has 0 aliphatic heterocycles. The van der Waals surface area contributed by atoms with Gasteiger partial charge >= 0.3 is 26.2 Å². The quantitative estimate of drug-likeness (QED) is 0.502. The van der Waals surface area contributed by atoms with Crippen molar-refractivity contribution in [3.63, 3.8) is 0 Å². The van der Waals surface area contributed by atoms with Gasteiger partial charge in [-0.05, 0) is 11.0 Å². The van der Waals surface area contributed by atoms with E-state index in [1.807, 2.05) is 60.7 Å². The van der Waals surface area contributed by atoms with Gasteiger partial charge in [0.15, 0.2) is 0 Å². The van der Waals surface area contributed by atoms with Crippen LogP contribution in [0.15, 0.2) is 60.7 Å². The largest absolute Gasteiger partial charge is 4.00 e. The van der Waals surface area contributed by atoms with Crippen LogP contribution in [0.25, 0.3) is 0 Å². The SMILES string of the molecule is Cl.Cl.[CH3-].[CH3-].[SiH3].[Zr+4].c1cc[cH-]c1.c1cc[cH-]c1. The van der Waals surface area contributed by atoms with Crippen molar-refractivity contribution in [2.75, 3.05) is 0 Å². The molecule has 2 aromatic rings. The van der Waals surface area contributed by atoms with E-state index in [0.717, 1.165) is 0 Å². The summed E-state index contributed by atoms with van der Waals surface area (Å²) >= 11 is 0. The van der Waals surface area contributed by atoms with Crippen LogP contribution in [0.4, 0.5) is 0 Å². The molecule has 0 unspecified atom stereocenters. The molecule has 0 aromatic heterocycles. The van der Waals surface area contributed by atoms with Crippen LogP contribution in [0.1, 0.15) is 0 Å². The Morgan fingerprint density at radius 1 is 0.562 bits per heavy atom.